The molecule has 2 aliphatic rings. The van der Waals surface area contributed by atoms with Crippen molar-refractivity contribution in [2.45, 2.75) is 13.8 Å². The third-order valence-corrected chi connectivity index (χ3v) is 7.08. The highest BCUT2D eigenvalue weighted by atomic mass is 16.2. The lowest BCUT2D eigenvalue weighted by Crippen LogP contribution is -2.37. The minimum absolute atomic E-state index is 0.418. The van der Waals surface area contributed by atoms with Crippen molar-refractivity contribution >= 4 is 66.7 Å². The molecule has 0 fully saturated rings. The van der Waals surface area contributed by atoms with Crippen molar-refractivity contribution in [3.05, 3.63) is 70.8 Å². The second-order valence-corrected chi connectivity index (χ2v) is 8.76. The summed E-state index contributed by atoms with van der Waals surface area (Å²) in [6.45, 7) is 3.16. The lowest BCUT2D eigenvalue weighted by Gasteiger charge is -2.27. The van der Waals surface area contributed by atoms with E-state index in [0.717, 1.165) is 42.1 Å². The molecule has 5 aromatic carbocycles. The molecule has 0 N–H and O–H groups in total. The summed E-state index contributed by atoms with van der Waals surface area (Å²) in [4.78, 5) is 54.6. The third kappa shape index (κ3) is 2.19. The number of hydrogen-bond donors (Lipinski definition) is 0. The Morgan fingerprint density at radius 3 is 0.972 bits per heavy atom. The fourth-order valence-electron chi connectivity index (χ4n) is 5.69. The van der Waals surface area contributed by atoms with Gasteiger partial charge in [0.15, 0.2) is 0 Å². The molecule has 0 unspecified atom stereocenters. The lowest BCUT2D eigenvalue weighted by atomic mass is 9.82. The molecule has 5 aromatic rings. The maximum Gasteiger partial charge on any atom is 0.273 e. The van der Waals surface area contributed by atoms with E-state index in [-0.39, 0.29) is 0 Å². The number of carbonyl (C=O) groups is 4. The molecule has 6 nitrogen and oxygen atoms in total. The standard InChI is InChI=1S/C30H14N2O4/c1-3-13-31-27(33)19-9-5-15-17-7-11-21-26-22(30(36)32(14-4-2)29(21)35)12-8-18(24(17)26)16-6-10-20(28(31)34)25(19)23(15)16/h5-12H,1-2H3. The second-order valence-electron chi connectivity index (χ2n) is 8.76. The molecule has 0 radical (unpaired) electrons. The normalized spacial score (nSPS) is 14.6. The first-order valence-electron chi connectivity index (χ1n) is 11.3. The molecule has 2 heterocycles. The Morgan fingerprint density at radius 2 is 0.722 bits per heavy atom. The molecule has 0 spiro atoms. The van der Waals surface area contributed by atoms with E-state index in [1.807, 2.05) is 24.3 Å². The van der Waals surface area contributed by atoms with Gasteiger partial charge in [0.05, 0.1) is 0 Å². The highest BCUT2D eigenvalue weighted by Gasteiger charge is 2.36. The van der Waals surface area contributed by atoms with Gasteiger partial charge in [0.25, 0.3) is 23.6 Å². The van der Waals surface area contributed by atoms with Gasteiger partial charge in [-0.15, -0.1) is 0 Å². The van der Waals surface area contributed by atoms with Gasteiger partial charge in [0.1, 0.15) is 0 Å². The van der Waals surface area contributed by atoms with Crippen molar-refractivity contribution < 1.29 is 19.2 Å². The summed E-state index contributed by atoms with van der Waals surface area (Å²) in [6.07, 6.45) is 0. The van der Waals surface area contributed by atoms with Crippen LogP contribution in [0, 0.1) is 23.9 Å². The Bertz CT molecular complexity index is 1790. The van der Waals surface area contributed by atoms with Gasteiger partial charge in [0, 0.05) is 45.1 Å². The first kappa shape index (κ1) is 20.2. The zero-order valence-electron chi connectivity index (χ0n) is 19.1. The molecular weight excluding hydrogens is 452 g/mol. The first-order chi connectivity index (χ1) is 17.5. The van der Waals surface area contributed by atoms with Crippen LogP contribution < -0.4 is 0 Å². The number of fused-ring (bicyclic) bond motifs is 2. The Kier molecular flexibility index (Phi) is 3.75. The van der Waals surface area contributed by atoms with Gasteiger partial charge in [0.2, 0.25) is 0 Å². The van der Waals surface area contributed by atoms with Gasteiger partial charge in [-0.2, -0.15) is 9.80 Å². The number of nitrogens with zero attached hydrogens (tertiary/aromatic N) is 2. The van der Waals surface area contributed by atoms with Gasteiger partial charge in [-0.05, 0) is 70.4 Å². The SMILES string of the molecule is CC#CN1C(=O)c2ccc3c4ccc5c6c(ccc(c7ccc(c2c37)C1=O)c64)C(=O)N(C#CC)C5=O. The Hall–Kier alpha value is -5.20. The summed E-state index contributed by atoms with van der Waals surface area (Å²) < 4.78 is 0. The molecule has 0 bridgehead atoms. The molecule has 2 aliphatic heterocycles. The number of rotatable bonds is 0. The van der Waals surface area contributed by atoms with Gasteiger partial charge in [-0.1, -0.05) is 36.1 Å². The molecular formula is C30H14N2O4. The van der Waals surface area contributed by atoms with Crippen LogP contribution in [0.5, 0.6) is 0 Å². The van der Waals surface area contributed by atoms with Crippen LogP contribution in [0.4, 0.5) is 0 Å². The number of benzene rings is 5. The van der Waals surface area contributed by atoms with Gasteiger partial charge in [-0.3, -0.25) is 19.2 Å². The van der Waals surface area contributed by atoms with Crippen LogP contribution in [-0.2, 0) is 0 Å². The average Bonchev–Trinajstić information content (AvgIpc) is 2.89. The number of carbonyl (C=O) groups excluding carboxylic acids is 4. The van der Waals surface area contributed by atoms with E-state index in [2.05, 4.69) is 23.9 Å². The van der Waals surface area contributed by atoms with Gasteiger partial charge >= 0.3 is 0 Å². The lowest BCUT2D eigenvalue weighted by molar-refractivity contribution is 0.0678. The van der Waals surface area contributed by atoms with E-state index >= 15 is 0 Å². The fourth-order valence-corrected chi connectivity index (χ4v) is 5.69. The summed E-state index contributed by atoms with van der Waals surface area (Å²) >= 11 is 0. The number of imide groups is 2. The monoisotopic (exact) mass is 466 g/mol. The van der Waals surface area contributed by atoms with Crippen LogP contribution in [0.2, 0.25) is 0 Å². The van der Waals surface area contributed by atoms with E-state index in [1.165, 1.54) is 0 Å². The zero-order valence-corrected chi connectivity index (χ0v) is 19.1. The molecule has 168 valence electrons. The first-order valence-corrected chi connectivity index (χ1v) is 11.3. The summed E-state index contributed by atoms with van der Waals surface area (Å²) in [5.41, 5.74) is 1.67. The zero-order chi connectivity index (χ0) is 24.9. The van der Waals surface area contributed by atoms with Crippen LogP contribution in [0.3, 0.4) is 0 Å². The highest BCUT2D eigenvalue weighted by Crippen LogP contribution is 2.46. The fraction of sp³-hybridized carbons (Fsp3) is 0.0667. The average molecular weight is 466 g/mol. The van der Waals surface area contributed by atoms with Crippen molar-refractivity contribution in [3.8, 4) is 23.9 Å². The second kappa shape index (κ2) is 6.69. The molecule has 0 saturated carbocycles. The molecule has 7 rings (SSSR count). The quantitative estimate of drug-likeness (QED) is 0.141. The Labute approximate surface area is 204 Å². The summed E-state index contributed by atoms with van der Waals surface area (Å²) in [5.74, 6) is 3.48. The van der Waals surface area contributed by atoms with Gasteiger partial charge in [-0.25, -0.2) is 0 Å². The minimum Gasteiger partial charge on any atom is -0.267 e. The predicted octanol–water partition coefficient (Wildman–Crippen LogP) is 4.89. The number of amides is 4. The van der Waals surface area contributed by atoms with E-state index in [0.29, 0.717) is 33.0 Å². The molecule has 36 heavy (non-hydrogen) atoms. The molecule has 0 aliphatic carbocycles. The summed E-state index contributed by atoms with van der Waals surface area (Å²) in [5, 5.41) is 6.17. The summed E-state index contributed by atoms with van der Waals surface area (Å²) in [6, 6.07) is 19.6. The molecule has 0 atom stereocenters. The van der Waals surface area contributed by atoms with Crippen molar-refractivity contribution in [1.82, 2.24) is 9.80 Å². The van der Waals surface area contributed by atoms with Crippen molar-refractivity contribution in [2.75, 3.05) is 0 Å². The van der Waals surface area contributed by atoms with Crippen molar-refractivity contribution in [2.24, 2.45) is 0 Å². The van der Waals surface area contributed by atoms with Crippen molar-refractivity contribution in [1.29, 1.82) is 0 Å². The number of hydrogen-bond acceptors (Lipinski definition) is 4. The van der Waals surface area contributed by atoms with Crippen LogP contribution in [0.25, 0.3) is 43.1 Å². The molecule has 0 aromatic heterocycles. The minimum atomic E-state index is -0.449. The largest absolute Gasteiger partial charge is 0.273 e. The van der Waals surface area contributed by atoms with E-state index < -0.39 is 23.6 Å². The highest BCUT2D eigenvalue weighted by molar-refractivity contribution is 6.41. The Balaban J connectivity index is 1.67. The predicted molar refractivity (Wildman–Crippen MR) is 136 cm³/mol. The molecule has 6 heteroatoms. The third-order valence-electron chi connectivity index (χ3n) is 7.08. The van der Waals surface area contributed by atoms with Crippen LogP contribution >= 0.6 is 0 Å². The summed E-state index contributed by atoms with van der Waals surface area (Å²) in [7, 11) is 0. The topological polar surface area (TPSA) is 74.8 Å². The van der Waals surface area contributed by atoms with Crippen LogP contribution in [0.15, 0.2) is 48.5 Å². The van der Waals surface area contributed by atoms with E-state index in [9.17, 15) is 19.2 Å². The van der Waals surface area contributed by atoms with E-state index in [1.54, 1.807) is 38.1 Å². The maximum absolute atomic E-state index is 13.2. The van der Waals surface area contributed by atoms with Gasteiger partial charge < -0.3 is 0 Å². The van der Waals surface area contributed by atoms with Crippen LogP contribution in [-0.4, -0.2) is 33.4 Å². The maximum atomic E-state index is 13.2. The molecule has 4 amide bonds. The van der Waals surface area contributed by atoms with Crippen molar-refractivity contribution in [3.63, 3.8) is 0 Å². The van der Waals surface area contributed by atoms with Crippen LogP contribution in [0.1, 0.15) is 55.3 Å². The molecule has 0 saturated heterocycles. The smallest absolute Gasteiger partial charge is 0.267 e. The van der Waals surface area contributed by atoms with E-state index in [4.69, 9.17) is 0 Å². The Morgan fingerprint density at radius 1 is 0.444 bits per heavy atom.